The van der Waals surface area contributed by atoms with Gasteiger partial charge in [-0.25, -0.2) is 0 Å². The predicted molar refractivity (Wildman–Crippen MR) is 67.7 cm³/mol. The highest BCUT2D eigenvalue weighted by Gasteiger charge is 2.51. The van der Waals surface area contributed by atoms with Crippen molar-refractivity contribution in [1.82, 2.24) is 0 Å². The van der Waals surface area contributed by atoms with Gasteiger partial charge in [0.25, 0.3) is 0 Å². The second kappa shape index (κ2) is 3.91. The van der Waals surface area contributed by atoms with E-state index in [0.29, 0.717) is 11.8 Å². The first kappa shape index (κ1) is 11.2. The van der Waals surface area contributed by atoms with E-state index in [4.69, 9.17) is 5.73 Å². The molecule has 2 unspecified atom stereocenters. The van der Waals surface area contributed by atoms with Crippen LogP contribution in [0, 0.1) is 11.8 Å². The van der Waals surface area contributed by atoms with Crippen LogP contribution in [-0.4, -0.2) is 5.54 Å². The predicted octanol–water partition coefficient (Wildman–Crippen LogP) is 3.37. The van der Waals surface area contributed by atoms with E-state index in [1.54, 1.807) is 0 Å². The fraction of sp³-hybridized carbons (Fsp3) is 0.538. The molecule has 1 aliphatic rings. The number of nitrogens with two attached hydrogens (primary N) is 1. The van der Waals surface area contributed by atoms with Crippen LogP contribution in [0.25, 0.3) is 0 Å². The molecule has 1 fully saturated rings. The summed E-state index contributed by atoms with van der Waals surface area (Å²) in [6.07, 6.45) is 2.19. The molecule has 0 aromatic heterocycles. The summed E-state index contributed by atoms with van der Waals surface area (Å²) in [5.74, 6) is 1.42. The average Bonchev–Trinajstić information content (AvgIpc) is 2.77. The Labute approximate surface area is 100 Å². The van der Waals surface area contributed by atoms with Gasteiger partial charge < -0.3 is 5.73 Å². The molecule has 2 heteroatoms. The standard InChI is InChI=1S/C13H18BrN/c1-9(2)12-8-13(12,15)7-10-4-3-5-11(14)6-10/h3-6,9,12H,7-8,15H2,1-2H3. The average molecular weight is 268 g/mol. The molecule has 15 heavy (non-hydrogen) atoms. The van der Waals surface area contributed by atoms with Crippen molar-refractivity contribution >= 4 is 15.9 Å². The van der Waals surface area contributed by atoms with E-state index in [1.807, 2.05) is 0 Å². The van der Waals surface area contributed by atoms with Crippen molar-refractivity contribution in [2.75, 3.05) is 0 Å². The zero-order valence-electron chi connectivity index (χ0n) is 9.33. The first-order chi connectivity index (χ1) is 7.01. The largest absolute Gasteiger partial charge is 0.325 e. The molecule has 82 valence electrons. The van der Waals surface area contributed by atoms with Crippen LogP contribution in [0.4, 0.5) is 0 Å². The van der Waals surface area contributed by atoms with Gasteiger partial charge in [-0.3, -0.25) is 0 Å². The molecule has 0 aliphatic heterocycles. The Hall–Kier alpha value is -0.340. The molecule has 2 rings (SSSR count). The van der Waals surface area contributed by atoms with Crippen LogP contribution in [0.1, 0.15) is 25.8 Å². The Morgan fingerprint density at radius 3 is 2.80 bits per heavy atom. The van der Waals surface area contributed by atoms with Gasteiger partial charge >= 0.3 is 0 Å². The molecule has 0 saturated heterocycles. The van der Waals surface area contributed by atoms with Gasteiger partial charge in [-0.15, -0.1) is 0 Å². The molecule has 1 aromatic rings. The number of hydrogen-bond donors (Lipinski definition) is 1. The molecule has 1 aliphatic carbocycles. The first-order valence-electron chi connectivity index (χ1n) is 5.54. The van der Waals surface area contributed by atoms with Gasteiger partial charge in [-0.1, -0.05) is 41.9 Å². The van der Waals surface area contributed by atoms with Crippen LogP contribution in [0.15, 0.2) is 28.7 Å². The zero-order chi connectivity index (χ0) is 11.1. The smallest absolute Gasteiger partial charge is 0.0230 e. The summed E-state index contributed by atoms with van der Waals surface area (Å²) in [7, 11) is 0. The van der Waals surface area contributed by atoms with Crippen LogP contribution in [-0.2, 0) is 6.42 Å². The lowest BCUT2D eigenvalue weighted by molar-refractivity contribution is 0.475. The summed E-state index contributed by atoms with van der Waals surface area (Å²) in [5.41, 5.74) is 7.77. The molecule has 2 N–H and O–H groups in total. The maximum absolute atomic E-state index is 6.36. The van der Waals surface area contributed by atoms with Crippen LogP contribution in [0.2, 0.25) is 0 Å². The normalized spacial score (nSPS) is 29.5. The minimum Gasteiger partial charge on any atom is -0.325 e. The number of rotatable bonds is 3. The van der Waals surface area contributed by atoms with Gasteiger partial charge in [0.15, 0.2) is 0 Å². The highest BCUT2D eigenvalue weighted by Crippen LogP contribution is 2.48. The lowest BCUT2D eigenvalue weighted by atomic mass is 9.98. The minimum absolute atomic E-state index is 0.0644. The molecule has 1 nitrogen and oxygen atoms in total. The SMILES string of the molecule is CC(C)C1CC1(N)Cc1cccc(Br)c1. The van der Waals surface area contributed by atoms with Gasteiger partial charge in [0.1, 0.15) is 0 Å². The van der Waals surface area contributed by atoms with Crippen molar-refractivity contribution < 1.29 is 0 Å². The lowest BCUT2D eigenvalue weighted by Gasteiger charge is -2.13. The molecular formula is C13H18BrN. The summed E-state index contributed by atoms with van der Waals surface area (Å²) in [5, 5.41) is 0. The third-order valence-electron chi connectivity index (χ3n) is 3.41. The summed E-state index contributed by atoms with van der Waals surface area (Å²) in [6.45, 7) is 4.53. The zero-order valence-corrected chi connectivity index (χ0v) is 10.9. The maximum Gasteiger partial charge on any atom is 0.0230 e. The highest BCUT2D eigenvalue weighted by atomic mass is 79.9. The summed E-state index contributed by atoms with van der Waals surface area (Å²) >= 11 is 3.49. The Morgan fingerprint density at radius 1 is 1.53 bits per heavy atom. The quantitative estimate of drug-likeness (QED) is 0.893. The topological polar surface area (TPSA) is 26.0 Å². The maximum atomic E-state index is 6.36. The Kier molecular flexibility index (Phi) is 2.91. The Balaban J connectivity index is 2.05. The van der Waals surface area contributed by atoms with Gasteiger partial charge in [-0.05, 0) is 42.4 Å². The molecule has 0 heterocycles. The summed E-state index contributed by atoms with van der Waals surface area (Å²) in [4.78, 5) is 0. The molecular weight excluding hydrogens is 250 g/mol. The number of halogens is 1. The summed E-state index contributed by atoms with van der Waals surface area (Å²) < 4.78 is 1.14. The van der Waals surface area contributed by atoms with E-state index >= 15 is 0 Å². The third kappa shape index (κ3) is 2.43. The van der Waals surface area contributed by atoms with E-state index in [1.165, 1.54) is 12.0 Å². The van der Waals surface area contributed by atoms with Gasteiger partial charge in [0, 0.05) is 10.0 Å². The van der Waals surface area contributed by atoms with Crippen molar-refractivity contribution in [2.24, 2.45) is 17.6 Å². The molecule has 1 aromatic carbocycles. The van der Waals surface area contributed by atoms with Gasteiger partial charge in [0.2, 0.25) is 0 Å². The second-order valence-corrected chi connectivity index (χ2v) is 6.01. The van der Waals surface area contributed by atoms with Crippen LogP contribution >= 0.6 is 15.9 Å². The molecule has 0 spiro atoms. The molecule has 2 atom stereocenters. The monoisotopic (exact) mass is 267 g/mol. The van der Waals surface area contributed by atoms with Crippen molar-refractivity contribution in [3.8, 4) is 0 Å². The number of benzene rings is 1. The fourth-order valence-electron chi connectivity index (χ4n) is 2.48. The van der Waals surface area contributed by atoms with E-state index in [2.05, 4.69) is 54.0 Å². The van der Waals surface area contributed by atoms with Crippen molar-refractivity contribution in [3.05, 3.63) is 34.3 Å². The Morgan fingerprint density at radius 2 is 2.27 bits per heavy atom. The minimum atomic E-state index is 0.0644. The van der Waals surface area contributed by atoms with E-state index in [0.717, 1.165) is 10.9 Å². The molecule has 0 bridgehead atoms. The highest BCUT2D eigenvalue weighted by molar-refractivity contribution is 9.10. The van der Waals surface area contributed by atoms with Crippen molar-refractivity contribution in [3.63, 3.8) is 0 Å². The van der Waals surface area contributed by atoms with Crippen LogP contribution in [0.5, 0.6) is 0 Å². The lowest BCUT2D eigenvalue weighted by Crippen LogP contribution is -2.29. The van der Waals surface area contributed by atoms with Crippen molar-refractivity contribution in [1.29, 1.82) is 0 Å². The van der Waals surface area contributed by atoms with E-state index < -0.39 is 0 Å². The van der Waals surface area contributed by atoms with Crippen LogP contribution < -0.4 is 5.73 Å². The molecule has 0 radical (unpaired) electrons. The van der Waals surface area contributed by atoms with Crippen LogP contribution in [0.3, 0.4) is 0 Å². The first-order valence-corrected chi connectivity index (χ1v) is 6.34. The van der Waals surface area contributed by atoms with Crippen molar-refractivity contribution in [2.45, 2.75) is 32.2 Å². The molecule has 0 amide bonds. The van der Waals surface area contributed by atoms with Gasteiger partial charge in [0.05, 0.1) is 0 Å². The summed E-state index contributed by atoms with van der Waals surface area (Å²) in [6, 6.07) is 8.47. The number of hydrogen-bond acceptors (Lipinski definition) is 1. The van der Waals surface area contributed by atoms with E-state index in [-0.39, 0.29) is 5.54 Å². The second-order valence-electron chi connectivity index (χ2n) is 5.09. The fourth-order valence-corrected chi connectivity index (χ4v) is 2.93. The molecule has 1 saturated carbocycles. The van der Waals surface area contributed by atoms with E-state index in [9.17, 15) is 0 Å². The van der Waals surface area contributed by atoms with Gasteiger partial charge in [-0.2, -0.15) is 0 Å². The third-order valence-corrected chi connectivity index (χ3v) is 3.90. The Bertz CT molecular complexity index is 361.